The molecule has 1 unspecified atom stereocenters. The van der Waals surface area contributed by atoms with Gasteiger partial charge in [-0.15, -0.1) is 0 Å². The van der Waals surface area contributed by atoms with E-state index in [9.17, 15) is 4.39 Å². The SMILES string of the molecule is CCCOCCC(Cc1ccc(Cl)c(F)c1)NC. The summed E-state index contributed by atoms with van der Waals surface area (Å²) >= 11 is 5.66. The van der Waals surface area contributed by atoms with Crippen molar-refractivity contribution < 1.29 is 9.13 Å². The molecule has 1 rings (SSSR count). The smallest absolute Gasteiger partial charge is 0.142 e. The van der Waals surface area contributed by atoms with Gasteiger partial charge in [0, 0.05) is 19.3 Å². The van der Waals surface area contributed by atoms with Crippen molar-refractivity contribution in [2.45, 2.75) is 32.2 Å². The zero-order chi connectivity index (χ0) is 13.4. The molecule has 0 heterocycles. The van der Waals surface area contributed by atoms with Gasteiger partial charge in [-0.25, -0.2) is 4.39 Å². The van der Waals surface area contributed by atoms with E-state index in [2.05, 4.69) is 12.2 Å². The Hall–Kier alpha value is -0.640. The zero-order valence-corrected chi connectivity index (χ0v) is 11.8. The fourth-order valence-corrected chi connectivity index (χ4v) is 1.89. The highest BCUT2D eigenvalue weighted by molar-refractivity contribution is 6.30. The average Bonchev–Trinajstić information content (AvgIpc) is 2.37. The average molecular weight is 274 g/mol. The van der Waals surface area contributed by atoms with Crippen molar-refractivity contribution in [1.29, 1.82) is 0 Å². The van der Waals surface area contributed by atoms with Crippen LogP contribution in [0.15, 0.2) is 18.2 Å². The van der Waals surface area contributed by atoms with Gasteiger partial charge in [0.05, 0.1) is 5.02 Å². The highest BCUT2D eigenvalue weighted by Gasteiger charge is 2.09. The summed E-state index contributed by atoms with van der Waals surface area (Å²) < 4.78 is 18.8. The molecule has 0 bridgehead atoms. The van der Waals surface area contributed by atoms with Gasteiger partial charge >= 0.3 is 0 Å². The molecule has 0 aliphatic heterocycles. The van der Waals surface area contributed by atoms with Crippen LogP contribution in [0.25, 0.3) is 0 Å². The van der Waals surface area contributed by atoms with Crippen LogP contribution in [0, 0.1) is 5.82 Å². The van der Waals surface area contributed by atoms with Gasteiger partial charge in [0.25, 0.3) is 0 Å². The lowest BCUT2D eigenvalue weighted by Gasteiger charge is -2.16. The topological polar surface area (TPSA) is 21.3 Å². The minimum Gasteiger partial charge on any atom is -0.381 e. The molecule has 102 valence electrons. The van der Waals surface area contributed by atoms with Crippen LogP contribution in [-0.2, 0) is 11.2 Å². The number of halogens is 2. The van der Waals surface area contributed by atoms with Gasteiger partial charge in [0.2, 0.25) is 0 Å². The number of likely N-dealkylation sites (N-methyl/N-ethyl adjacent to an activating group) is 1. The van der Waals surface area contributed by atoms with Crippen LogP contribution in [0.2, 0.25) is 5.02 Å². The van der Waals surface area contributed by atoms with Crippen molar-refractivity contribution >= 4 is 11.6 Å². The number of ether oxygens (including phenoxy) is 1. The fraction of sp³-hybridized carbons (Fsp3) is 0.571. The maximum Gasteiger partial charge on any atom is 0.142 e. The highest BCUT2D eigenvalue weighted by atomic mass is 35.5. The first-order valence-corrected chi connectivity index (χ1v) is 6.74. The summed E-state index contributed by atoms with van der Waals surface area (Å²) in [5.74, 6) is -0.355. The molecular weight excluding hydrogens is 253 g/mol. The first-order chi connectivity index (χ1) is 8.67. The molecule has 1 atom stereocenters. The Balaban J connectivity index is 2.44. The van der Waals surface area contributed by atoms with E-state index in [1.807, 2.05) is 13.1 Å². The fourth-order valence-electron chi connectivity index (χ4n) is 1.77. The van der Waals surface area contributed by atoms with E-state index in [-0.39, 0.29) is 10.8 Å². The Kier molecular flexibility index (Phi) is 7.25. The molecule has 0 amide bonds. The van der Waals surface area contributed by atoms with Crippen LogP contribution < -0.4 is 5.32 Å². The van der Waals surface area contributed by atoms with E-state index >= 15 is 0 Å². The number of nitrogens with one attached hydrogen (secondary N) is 1. The molecule has 0 aliphatic carbocycles. The molecular formula is C14H21ClFNO. The van der Waals surface area contributed by atoms with Crippen LogP contribution >= 0.6 is 11.6 Å². The second-order valence-corrected chi connectivity index (χ2v) is 4.75. The van der Waals surface area contributed by atoms with Gasteiger partial charge in [0.15, 0.2) is 0 Å². The Bertz CT molecular complexity index is 360. The lowest BCUT2D eigenvalue weighted by atomic mass is 10.0. The second-order valence-electron chi connectivity index (χ2n) is 4.34. The molecule has 18 heavy (non-hydrogen) atoms. The normalized spacial score (nSPS) is 12.7. The number of hydrogen-bond acceptors (Lipinski definition) is 2. The lowest BCUT2D eigenvalue weighted by molar-refractivity contribution is 0.125. The summed E-state index contributed by atoms with van der Waals surface area (Å²) in [5, 5.41) is 3.40. The van der Waals surface area contributed by atoms with Gasteiger partial charge in [-0.2, -0.15) is 0 Å². The van der Waals surface area contributed by atoms with Crippen molar-refractivity contribution in [2.24, 2.45) is 0 Å². The summed E-state index contributed by atoms with van der Waals surface area (Å²) in [4.78, 5) is 0. The molecule has 0 saturated carbocycles. The number of benzene rings is 1. The zero-order valence-electron chi connectivity index (χ0n) is 11.0. The van der Waals surface area contributed by atoms with E-state index in [4.69, 9.17) is 16.3 Å². The largest absolute Gasteiger partial charge is 0.381 e. The van der Waals surface area contributed by atoms with E-state index < -0.39 is 0 Å². The molecule has 4 heteroatoms. The van der Waals surface area contributed by atoms with Crippen LogP contribution in [-0.4, -0.2) is 26.3 Å². The molecule has 0 fully saturated rings. The van der Waals surface area contributed by atoms with E-state index in [0.717, 1.165) is 38.0 Å². The summed E-state index contributed by atoms with van der Waals surface area (Å²) in [6.07, 6.45) is 2.73. The molecule has 1 aromatic carbocycles. The minimum absolute atomic E-state index is 0.172. The predicted octanol–water partition coefficient (Wildman–Crippen LogP) is 3.43. The van der Waals surface area contributed by atoms with E-state index in [1.165, 1.54) is 6.07 Å². The molecule has 0 aliphatic rings. The summed E-state index contributed by atoms with van der Waals surface area (Å²) in [6, 6.07) is 5.26. The molecule has 2 nitrogen and oxygen atoms in total. The van der Waals surface area contributed by atoms with Crippen LogP contribution in [0.3, 0.4) is 0 Å². The molecule has 1 N–H and O–H groups in total. The molecule has 0 saturated heterocycles. The van der Waals surface area contributed by atoms with Crippen molar-refractivity contribution in [3.63, 3.8) is 0 Å². The van der Waals surface area contributed by atoms with Crippen LogP contribution in [0.4, 0.5) is 4.39 Å². The van der Waals surface area contributed by atoms with Gasteiger partial charge < -0.3 is 10.1 Å². The monoisotopic (exact) mass is 273 g/mol. The maximum absolute atomic E-state index is 13.3. The predicted molar refractivity (Wildman–Crippen MR) is 73.7 cm³/mol. The third kappa shape index (κ3) is 5.34. The molecule has 1 aromatic rings. The standard InChI is InChI=1S/C14H21ClFNO/c1-3-7-18-8-6-12(17-2)9-11-4-5-13(15)14(16)10-11/h4-5,10,12,17H,3,6-9H2,1-2H3. The van der Waals surface area contributed by atoms with Gasteiger partial charge in [-0.1, -0.05) is 24.6 Å². The van der Waals surface area contributed by atoms with Crippen LogP contribution in [0.1, 0.15) is 25.3 Å². The van der Waals surface area contributed by atoms with Gasteiger partial charge in [-0.3, -0.25) is 0 Å². The Morgan fingerprint density at radius 2 is 2.17 bits per heavy atom. The van der Waals surface area contributed by atoms with Gasteiger partial charge in [-0.05, 0) is 44.0 Å². The molecule has 0 radical (unpaired) electrons. The second kappa shape index (κ2) is 8.46. The molecule has 0 aromatic heterocycles. The summed E-state index contributed by atoms with van der Waals surface area (Å²) in [6.45, 7) is 3.62. The summed E-state index contributed by atoms with van der Waals surface area (Å²) in [7, 11) is 1.91. The van der Waals surface area contributed by atoms with E-state index in [1.54, 1.807) is 6.07 Å². The molecule has 0 spiro atoms. The van der Waals surface area contributed by atoms with Gasteiger partial charge in [0.1, 0.15) is 5.82 Å². The number of hydrogen-bond donors (Lipinski definition) is 1. The van der Waals surface area contributed by atoms with Crippen molar-refractivity contribution in [3.8, 4) is 0 Å². The third-order valence-corrected chi connectivity index (χ3v) is 3.14. The Morgan fingerprint density at radius 3 is 2.78 bits per heavy atom. The van der Waals surface area contributed by atoms with E-state index in [0.29, 0.717) is 6.04 Å². The Morgan fingerprint density at radius 1 is 1.39 bits per heavy atom. The highest BCUT2D eigenvalue weighted by Crippen LogP contribution is 2.17. The lowest BCUT2D eigenvalue weighted by Crippen LogP contribution is -2.29. The maximum atomic E-state index is 13.3. The summed E-state index contributed by atoms with van der Waals surface area (Å²) in [5.41, 5.74) is 0.951. The Labute approximate surface area is 113 Å². The number of rotatable bonds is 8. The first kappa shape index (κ1) is 15.4. The van der Waals surface area contributed by atoms with Crippen molar-refractivity contribution in [1.82, 2.24) is 5.32 Å². The van der Waals surface area contributed by atoms with Crippen molar-refractivity contribution in [3.05, 3.63) is 34.6 Å². The minimum atomic E-state index is -0.355. The first-order valence-electron chi connectivity index (χ1n) is 6.36. The van der Waals surface area contributed by atoms with Crippen molar-refractivity contribution in [2.75, 3.05) is 20.3 Å². The quantitative estimate of drug-likeness (QED) is 0.733. The third-order valence-electron chi connectivity index (χ3n) is 2.83. The van der Waals surface area contributed by atoms with Crippen LogP contribution in [0.5, 0.6) is 0 Å².